The number of nitrogen functional groups attached to an aromatic ring is 1. The van der Waals surface area contributed by atoms with Crippen molar-refractivity contribution >= 4 is 17.2 Å². The summed E-state index contributed by atoms with van der Waals surface area (Å²) in [6, 6.07) is 9.62. The Bertz CT molecular complexity index is 791. The number of hydrogen-bond donors (Lipinski definition) is 2. The van der Waals surface area contributed by atoms with Gasteiger partial charge in [0.25, 0.3) is 0 Å². The number of aromatic nitrogens is 3. The van der Waals surface area contributed by atoms with Gasteiger partial charge in [-0.3, -0.25) is 5.41 Å². The van der Waals surface area contributed by atoms with E-state index in [2.05, 4.69) is 15.0 Å². The van der Waals surface area contributed by atoms with Crippen LogP contribution in [0.5, 0.6) is 0 Å². The van der Waals surface area contributed by atoms with Crippen molar-refractivity contribution < 1.29 is 0 Å². The summed E-state index contributed by atoms with van der Waals surface area (Å²) in [5.74, 6) is 0.943. The molecule has 6 nitrogen and oxygen atoms in total. The van der Waals surface area contributed by atoms with Crippen molar-refractivity contribution in [2.45, 2.75) is 6.54 Å². The van der Waals surface area contributed by atoms with Crippen molar-refractivity contribution in [1.82, 2.24) is 14.6 Å². The smallest absolute Gasteiger partial charge is 0.154 e. The average Bonchev–Trinajstić information content (AvgIpc) is 2.95. The predicted octanol–water partition coefficient (Wildman–Crippen LogP) is 1.65. The van der Waals surface area contributed by atoms with Crippen LogP contribution in [0.4, 0.5) is 5.82 Å². The number of nitrogens with one attached hydrogen (secondary N) is 1. The van der Waals surface area contributed by atoms with E-state index in [0.29, 0.717) is 6.54 Å². The quantitative estimate of drug-likeness (QED) is 0.562. The van der Waals surface area contributed by atoms with Gasteiger partial charge in [-0.15, -0.1) is 0 Å². The van der Waals surface area contributed by atoms with Crippen LogP contribution < -0.4 is 10.6 Å². The lowest BCUT2D eigenvalue weighted by atomic mass is 10.1. The van der Waals surface area contributed by atoms with Gasteiger partial charge in [0.2, 0.25) is 0 Å². The lowest BCUT2D eigenvalue weighted by Gasteiger charge is -2.19. The Morgan fingerprint density at radius 3 is 3.00 bits per heavy atom. The summed E-state index contributed by atoms with van der Waals surface area (Å²) in [5.41, 5.74) is 8.30. The molecule has 2 heterocycles. The van der Waals surface area contributed by atoms with Crippen LogP contribution in [0.15, 0.2) is 48.9 Å². The van der Waals surface area contributed by atoms with Crippen LogP contribution in [0.1, 0.15) is 11.1 Å². The number of anilines is 1. The normalized spacial score (nSPS) is 10.7. The zero-order valence-electron chi connectivity index (χ0n) is 11.7. The van der Waals surface area contributed by atoms with Crippen molar-refractivity contribution in [3.8, 4) is 0 Å². The third kappa shape index (κ3) is 2.55. The van der Waals surface area contributed by atoms with Crippen molar-refractivity contribution in [2.24, 2.45) is 5.73 Å². The second-order valence-corrected chi connectivity index (χ2v) is 4.88. The largest absolute Gasteiger partial charge is 0.384 e. The molecule has 0 unspecified atom stereocenters. The molecular weight excluding hydrogens is 264 g/mol. The van der Waals surface area contributed by atoms with Crippen LogP contribution >= 0.6 is 0 Å². The van der Waals surface area contributed by atoms with Gasteiger partial charge in [0.1, 0.15) is 11.4 Å². The van der Waals surface area contributed by atoms with Crippen LogP contribution in [0.3, 0.4) is 0 Å². The minimum Gasteiger partial charge on any atom is -0.384 e. The maximum atomic E-state index is 7.51. The Morgan fingerprint density at radius 1 is 1.33 bits per heavy atom. The first-order valence-corrected chi connectivity index (χ1v) is 6.58. The van der Waals surface area contributed by atoms with Gasteiger partial charge in [-0.05, 0) is 17.7 Å². The molecule has 0 atom stereocenters. The third-order valence-corrected chi connectivity index (χ3v) is 3.32. The molecule has 106 valence electrons. The number of amidine groups is 1. The number of benzene rings is 1. The Kier molecular flexibility index (Phi) is 3.27. The Balaban J connectivity index is 1.89. The average molecular weight is 280 g/mol. The van der Waals surface area contributed by atoms with E-state index in [1.807, 2.05) is 43.6 Å². The molecule has 0 aliphatic heterocycles. The fourth-order valence-electron chi connectivity index (χ4n) is 2.32. The zero-order valence-corrected chi connectivity index (χ0v) is 11.7. The van der Waals surface area contributed by atoms with E-state index in [0.717, 1.165) is 22.5 Å². The Morgan fingerprint density at radius 2 is 2.19 bits per heavy atom. The third-order valence-electron chi connectivity index (χ3n) is 3.32. The van der Waals surface area contributed by atoms with E-state index in [-0.39, 0.29) is 5.84 Å². The number of nitrogens with zero attached hydrogens (tertiary/aromatic N) is 4. The molecule has 0 amide bonds. The highest BCUT2D eigenvalue weighted by atomic mass is 15.3. The Labute approximate surface area is 122 Å². The minimum atomic E-state index is 0.0792. The van der Waals surface area contributed by atoms with Crippen molar-refractivity contribution in [1.29, 1.82) is 5.41 Å². The molecule has 0 aliphatic carbocycles. The van der Waals surface area contributed by atoms with Crippen LogP contribution in [0.2, 0.25) is 0 Å². The monoisotopic (exact) mass is 280 g/mol. The summed E-state index contributed by atoms with van der Waals surface area (Å²) in [6.45, 7) is 0.680. The summed E-state index contributed by atoms with van der Waals surface area (Å²) in [7, 11) is 1.98. The van der Waals surface area contributed by atoms with E-state index in [9.17, 15) is 0 Å². The molecule has 0 radical (unpaired) electrons. The molecule has 0 spiro atoms. The molecule has 0 saturated carbocycles. The number of rotatable bonds is 4. The number of fused-ring (bicyclic) bond motifs is 1. The summed E-state index contributed by atoms with van der Waals surface area (Å²) >= 11 is 0. The van der Waals surface area contributed by atoms with Gasteiger partial charge >= 0.3 is 0 Å². The summed E-state index contributed by atoms with van der Waals surface area (Å²) in [6.07, 6.45) is 5.31. The summed E-state index contributed by atoms with van der Waals surface area (Å²) in [5, 5.41) is 11.7. The van der Waals surface area contributed by atoms with Gasteiger partial charge in [0.15, 0.2) is 5.82 Å². The molecule has 6 heteroatoms. The van der Waals surface area contributed by atoms with Crippen LogP contribution in [-0.2, 0) is 6.54 Å². The molecular formula is C15H16N6. The first-order chi connectivity index (χ1) is 10.1. The van der Waals surface area contributed by atoms with E-state index in [1.165, 1.54) is 0 Å². The maximum Gasteiger partial charge on any atom is 0.154 e. The fraction of sp³-hybridized carbons (Fsp3) is 0.133. The number of hydrogen-bond acceptors (Lipinski definition) is 4. The van der Waals surface area contributed by atoms with Gasteiger partial charge in [-0.1, -0.05) is 18.2 Å². The molecule has 0 bridgehead atoms. The van der Waals surface area contributed by atoms with Crippen molar-refractivity contribution in [2.75, 3.05) is 11.9 Å². The SMILES string of the molecule is CN(Cc1cccc(C(=N)N)c1)c1nccn2nccc12. The summed E-state index contributed by atoms with van der Waals surface area (Å²) in [4.78, 5) is 6.48. The van der Waals surface area contributed by atoms with Crippen molar-refractivity contribution in [3.63, 3.8) is 0 Å². The summed E-state index contributed by atoms with van der Waals surface area (Å²) < 4.78 is 1.80. The molecule has 3 N–H and O–H groups in total. The molecule has 0 saturated heterocycles. The van der Waals surface area contributed by atoms with Gasteiger partial charge < -0.3 is 10.6 Å². The van der Waals surface area contributed by atoms with E-state index in [1.54, 1.807) is 16.9 Å². The highest BCUT2D eigenvalue weighted by Crippen LogP contribution is 2.19. The second kappa shape index (κ2) is 5.24. The first kappa shape index (κ1) is 13.1. The van der Waals surface area contributed by atoms with Crippen molar-refractivity contribution in [3.05, 3.63) is 60.0 Å². The molecule has 21 heavy (non-hydrogen) atoms. The second-order valence-electron chi connectivity index (χ2n) is 4.88. The molecule has 3 rings (SSSR count). The lowest BCUT2D eigenvalue weighted by Crippen LogP contribution is -2.19. The number of nitrogens with two attached hydrogens (primary N) is 1. The highest BCUT2D eigenvalue weighted by Gasteiger charge is 2.09. The molecule has 0 aliphatic rings. The minimum absolute atomic E-state index is 0.0792. The first-order valence-electron chi connectivity index (χ1n) is 6.58. The molecule has 2 aromatic heterocycles. The predicted molar refractivity (Wildman–Crippen MR) is 82.6 cm³/mol. The van der Waals surface area contributed by atoms with Crippen LogP contribution in [0, 0.1) is 5.41 Å². The van der Waals surface area contributed by atoms with E-state index < -0.39 is 0 Å². The van der Waals surface area contributed by atoms with Gasteiger partial charge in [0.05, 0.1) is 6.20 Å². The Hall–Kier alpha value is -2.89. The molecule has 0 fully saturated rings. The lowest BCUT2D eigenvalue weighted by molar-refractivity contribution is 0.876. The topological polar surface area (TPSA) is 83.3 Å². The molecule has 3 aromatic rings. The fourth-order valence-corrected chi connectivity index (χ4v) is 2.32. The van der Waals surface area contributed by atoms with Gasteiger partial charge in [-0.2, -0.15) is 5.10 Å². The van der Waals surface area contributed by atoms with Crippen LogP contribution in [0.25, 0.3) is 5.52 Å². The van der Waals surface area contributed by atoms with E-state index >= 15 is 0 Å². The maximum absolute atomic E-state index is 7.51. The zero-order chi connectivity index (χ0) is 14.8. The molecule has 1 aromatic carbocycles. The van der Waals surface area contributed by atoms with E-state index in [4.69, 9.17) is 11.1 Å². The van der Waals surface area contributed by atoms with Gasteiger partial charge in [0, 0.05) is 31.5 Å². The standard InChI is InChI=1S/C15H16N6/c1-20(10-11-3-2-4-12(9-11)14(16)17)15-13-5-6-19-21(13)8-7-18-15/h2-9H,10H2,1H3,(H3,16,17). The van der Waals surface area contributed by atoms with Crippen LogP contribution in [-0.4, -0.2) is 27.5 Å². The van der Waals surface area contributed by atoms with Gasteiger partial charge in [-0.25, -0.2) is 9.50 Å². The highest BCUT2D eigenvalue weighted by molar-refractivity contribution is 5.95.